The molecule has 0 unspecified atom stereocenters. The summed E-state index contributed by atoms with van der Waals surface area (Å²) in [5.41, 5.74) is 0.512. The van der Waals surface area contributed by atoms with Gasteiger partial charge in [0.2, 0.25) is 5.91 Å². The van der Waals surface area contributed by atoms with Crippen LogP contribution in [0.25, 0.3) is 11.5 Å². The van der Waals surface area contributed by atoms with Gasteiger partial charge < -0.3 is 19.2 Å². The lowest BCUT2D eigenvalue weighted by Gasteiger charge is -2.46. The van der Waals surface area contributed by atoms with E-state index in [1.165, 1.54) is 19.3 Å². The summed E-state index contributed by atoms with van der Waals surface area (Å²) in [4.78, 5) is 31.8. The molecule has 7 nitrogen and oxygen atoms in total. The summed E-state index contributed by atoms with van der Waals surface area (Å²) < 4.78 is 7.60. The summed E-state index contributed by atoms with van der Waals surface area (Å²) in [6.45, 7) is 7.04. The minimum atomic E-state index is -0.952. The number of carbonyl (C=O) groups excluding carboxylic acids is 2. The first kappa shape index (κ1) is 22.3. The molecular weight excluding hydrogens is 416 g/mol. The lowest BCUT2D eigenvalue weighted by Crippen LogP contribution is -2.65. The number of furan rings is 1. The molecule has 2 aliphatic heterocycles. The van der Waals surface area contributed by atoms with Crippen molar-refractivity contribution < 1.29 is 14.0 Å². The maximum absolute atomic E-state index is 13.8. The van der Waals surface area contributed by atoms with E-state index >= 15 is 0 Å². The number of amides is 2. The molecule has 1 N–H and O–H groups in total. The Morgan fingerprint density at radius 1 is 1.09 bits per heavy atom. The molecule has 1 saturated carbocycles. The third-order valence-electron chi connectivity index (χ3n) is 8.01. The predicted octanol–water partition coefficient (Wildman–Crippen LogP) is 3.90. The summed E-state index contributed by atoms with van der Waals surface area (Å²) in [6.07, 6.45) is 9.66. The number of nitrogens with zero attached hydrogens (tertiary/aromatic N) is 3. The lowest BCUT2D eigenvalue weighted by atomic mass is 9.93. The second kappa shape index (κ2) is 9.01. The van der Waals surface area contributed by atoms with Gasteiger partial charge in [0, 0.05) is 25.2 Å². The van der Waals surface area contributed by atoms with Crippen molar-refractivity contribution in [3.05, 3.63) is 36.2 Å². The van der Waals surface area contributed by atoms with Crippen molar-refractivity contribution in [1.29, 1.82) is 0 Å². The number of piperidine rings is 1. The van der Waals surface area contributed by atoms with Crippen LogP contribution in [0.4, 0.5) is 0 Å². The van der Waals surface area contributed by atoms with Crippen LogP contribution in [0, 0.1) is 0 Å². The molecule has 1 saturated heterocycles. The molecule has 5 rings (SSSR count). The fraction of sp³-hybridized carbons (Fsp3) is 0.615. The van der Waals surface area contributed by atoms with Crippen molar-refractivity contribution in [2.24, 2.45) is 0 Å². The van der Waals surface area contributed by atoms with E-state index in [1.54, 1.807) is 6.26 Å². The van der Waals surface area contributed by atoms with Gasteiger partial charge in [-0.3, -0.25) is 14.5 Å². The number of carbonyl (C=O) groups is 2. The molecule has 0 bridgehead atoms. The van der Waals surface area contributed by atoms with Crippen molar-refractivity contribution in [1.82, 2.24) is 19.7 Å². The maximum Gasteiger partial charge on any atom is 0.271 e. The third-order valence-corrected chi connectivity index (χ3v) is 8.01. The molecule has 2 fully saturated rings. The Morgan fingerprint density at radius 3 is 2.58 bits per heavy atom. The number of hydrogen-bond acceptors (Lipinski definition) is 4. The second-order valence-electron chi connectivity index (χ2n) is 10.2. The topological polar surface area (TPSA) is 70.7 Å². The third kappa shape index (κ3) is 4.12. The Kier molecular flexibility index (Phi) is 6.08. The number of likely N-dealkylation sites (tertiary alicyclic amines) is 1. The molecule has 0 radical (unpaired) electrons. The highest BCUT2D eigenvalue weighted by molar-refractivity contribution is 6.00. The normalized spacial score (nSPS) is 26.5. The first-order valence-corrected chi connectivity index (χ1v) is 12.6. The standard InChI is InChI=1S/C26H36N4O3/c1-19-8-5-6-14-28(19)15-16-30-24(31)22-13-12-21(23-11-7-17-33-23)29(22)18-26(30,2)25(32)27-20-9-3-4-10-20/h7,11-13,17,19-20H,3-6,8-10,14-16,18H2,1-2H3,(H,27,32)/t19-,26+/m0/s1. The Balaban J connectivity index is 1.45. The van der Waals surface area contributed by atoms with E-state index in [4.69, 9.17) is 4.42 Å². The number of nitrogens with one attached hydrogen (secondary N) is 1. The number of hydrogen-bond donors (Lipinski definition) is 1. The molecule has 2 atom stereocenters. The highest BCUT2D eigenvalue weighted by Gasteiger charge is 2.48. The molecular formula is C26H36N4O3. The van der Waals surface area contributed by atoms with E-state index in [0.717, 1.165) is 44.5 Å². The average Bonchev–Trinajstić information content (AvgIpc) is 3.56. The second-order valence-corrected chi connectivity index (χ2v) is 10.2. The predicted molar refractivity (Wildman–Crippen MR) is 127 cm³/mol. The van der Waals surface area contributed by atoms with Gasteiger partial charge in [-0.2, -0.15) is 0 Å². The molecule has 3 aliphatic rings. The van der Waals surface area contributed by atoms with Crippen LogP contribution in [0.3, 0.4) is 0 Å². The fourth-order valence-electron chi connectivity index (χ4n) is 5.89. The van der Waals surface area contributed by atoms with Gasteiger partial charge in [0.15, 0.2) is 0 Å². The number of rotatable bonds is 6. The smallest absolute Gasteiger partial charge is 0.271 e. The summed E-state index contributed by atoms with van der Waals surface area (Å²) in [7, 11) is 0. The summed E-state index contributed by atoms with van der Waals surface area (Å²) >= 11 is 0. The SMILES string of the molecule is C[C@H]1CCCCN1CCN1C(=O)c2ccc(-c3ccco3)n2C[C@]1(C)C(=O)NC1CCCC1. The van der Waals surface area contributed by atoms with Gasteiger partial charge in [-0.05, 0) is 70.3 Å². The van der Waals surface area contributed by atoms with E-state index in [-0.39, 0.29) is 17.9 Å². The van der Waals surface area contributed by atoms with Crippen molar-refractivity contribution in [3.63, 3.8) is 0 Å². The maximum atomic E-state index is 13.8. The van der Waals surface area contributed by atoms with E-state index in [2.05, 4.69) is 17.1 Å². The van der Waals surface area contributed by atoms with Gasteiger partial charge in [0.1, 0.15) is 17.0 Å². The van der Waals surface area contributed by atoms with E-state index in [9.17, 15) is 9.59 Å². The van der Waals surface area contributed by atoms with Crippen LogP contribution in [-0.4, -0.2) is 63.4 Å². The first-order chi connectivity index (χ1) is 16.0. The minimum absolute atomic E-state index is 0.0424. The van der Waals surface area contributed by atoms with Crippen LogP contribution in [0.2, 0.25) is 0 Å². The highest BCUT2D eigenvalue weighted by Crippen LogP contribution is 2.34. The van der Waals surface area contributed by atoms with Crippen LogP contribution in [0.1, 0.15) is 69.3 Å². The zero-order valence-electron chi connectivity index (χ0n) is 19.9. The Bertz CT molecular complexity index is 991. The van der Waals surface area contributed by atoms with Crippen LogP contribution in [0.15, 0.2) is 34.9 Å². The van der Waals surface area contributed by atoms with Crippen LogP contribution in [-0.2, 0) is 11.3 Å². The molecule has 2 aromatic rings. The van der Waals surface area contributed by atoms with Gasteiger partial charge in [-0.25, -0.2) is 0 Å². The van der Waals surface area contributed by atoms with Crippen LogP contribution in [0.5, 0.6) is 0 Å². The Hall–Kier alpha value is -2.54. The molecule has 0 aromatic carbocycles. The highest BCUT2D eigenvalue weighted by atomic mass is 16.3. The monoisotopic (exact) mass is 452 g/mol. The van der Waals surface area contributed by atoms with Crippen LogP contribution < -0.4 is 5.32 Å². The van der Waals surface area contributed by atoms with Gasteiger partial charge >= 0.3 is 0 Å². The quantitative estimate of drug-likeness (QED) is 0.722. The Labute approximate surface area is 196 Å². The summed E-state index contributed by atoms with van der Waals surface area (Å²) in [5, 5.41) is 3.28. The lowest BCUT2D eigenvalue weighted by molar-refractivity contribution is -0.133. The molecule has 2 amide bonds. The molecule has 2 aromatic heterocycles. The van der Waals surface area contributed by atoms with Crippen molar-refractivity contribution in [3.8, 4) is 11.5 Å². The minimum Gasteiger partial charge on any atom is -0.463 e. The van der Waals surface area contributed by atoms with E-state index in [0.29, 0.717) is 30.6 Å². The number of aromatic nitrogens is 1. The zero-order chi connectivity index (χ0) is 23.0. The van der Waals surface area contributed by atoms with E-state index < -0.39 is 5.54 Å². The summed E-state index contributed by atoms with van der Waals surface area (Å²) in [6, 6.07) is 8.27. The van der Waals surface area contributed by atoms with E-state index in [1.807, 2.05) is 40.7 Å². The van der Waals surface area contributed by atoms with Gasteiger partial charge in [0.25, 0.3) is 5.91 Å². The number of fused-ring (bicyclic) bond motifs is 1. The van der Waals surface area contributed by atoms with Gasteiger partial charge in [0.05, 0.1) is 18.5 Å². The van der Waals surface area contributed by atoms with Crippen molar-refractivity contribution in [2.75, 3.05) is 19.6 Å². The fourth-order valence-corrected chi connectivity index (χ4v) is 5.89. The van der Waals surface area contributed by atoms with Gasteiger partial charge in [-0.15, -0.1) is 0 Å². The molecule has 4 heterocycles. The molecule has 7 heteroatoms. The molecule has 33 heavy (non-hydrogen) atoms. The van der Waals surface area contributed by atoms with Crippen molar-refractivity contribution >= 4 is 11.8 Å². The largest absolute Gasteiger partial charge is 0.463 e. The van der Waals surface area contributed by atoms with Gasteiger partial charge in [-0.1, -0.05) is 19.3 Å². The average molecular weight is 453 g/mol. The molecule has 0 spiro atoms. The summed E-state index contributed by atoms with van der Waals surface area (Å²) in [5.74, 6) is 0.593. The zero-order valence-corrected chi connectivity index (χ0v) is 19.9. The first-order valence-electron chi connectivity index (χ1n) is 12.6. The molecule has 1 aliphatic carbocycles. The Morgan fingerprint density at radius 2 is 1.85 bits per heavy atom. The van der Waals surface area contributed by atoms with Crippen molar-refractivity contribution in [2.45, 2.75) is 83.0 Å². The van der Waals surface area contributed by atoms with Crippen LogP contribution >= 0.6 is 0 Å². The molecule has 178 valence electrons.